The van der Waals surface area contributed by atoms with Crippen molar-refractivity contribution in [3.8, 4) is 22.9 Å². The predicted molar refractivity (Wildman–Crippen MR) is 88.6 cm³/mol. The summed E-state index contributed by atoms with van der Waals surface area (Å²) in [5.41, 5.74) is 5.36. The molecule has 0 saturated carbocycles. The van der Waals surface area contributed by atoms with Crippen molar-refractivity contribution >= 4 is 35.0 Å². The van der Waals surface area contributed by atoms with E-state index in [1.165, 1.54) is 18.2 Å². The zero-order valence-corrected chi connectivity index (χ0v) is 14.6. The summed E-state index contributed by atoms with van der Waals surface area (Å²) in [5, 5.41) is -0.400. The summed E-state index contributed by atoms with van der Waals surface area (Å²) in [7, 11) is 1.06. The fourth-order valence-electron chi connectivity index (χ4n) is 1.86. The molecule has 6 nitrogen and oxygen atoms in total. The molecule has 1 aromatic heterocycles. The number of rotatable bonds is 5. The van der Waals surface area contributed by atoms with E-state index in [4.69, 9.17) is 38.4 Å². The first kappa shape index (κ1) is 19.9. The number of pyridine rings is 1. The maximum absolute atomic E-state index is 14.7. The zero-order chi connectivity index (χ0) is 19.4. The Hall–Kier alpha value is -2.39. The van der Waals surface area contributed by atoms with Gasteiger partial charge in [0.05, 0.1) is 23.5 Å². The van der Waals surface area contributed by atoms with Gasteiger partial charge in [-0.2, -0.15) is 0 Å². The van der Waals surface area contributed by atoms with Crippen molar-refractivity contribution in [1.29, 1.82) is 0 Å². The van der Waals surface area contributed by atoms with Crippen LogP contribution in [0.5, 0.6) is 11.6 Å². The number of anilines is 1. The molecular weight excluding hydrogens is 400 g/mol. The number of methoxy groups -OCH3 is 1. The van der Waals surface area contributed by atoms with Crippen LogP contribution in [0.1, 0.15) is 0 Å². The van der Waals surface area contributed by atoms with Crippen molar-refractivity contribution in [1.82, 2.24) is 4.98 Å². The Balaban J connectivity index is 2.51. The molecule has 0 radical (unpaired) electrons. The number of ether oxygens (including phenoxy) is 3. The van der Waals surface area contributed by atoms with Crippen molar-refractivity contribution in [3.05, 3.63) is 34.1 Å². The lowest BCUT2D eigenvalue weighted by Gasteiger charge is -2.13. The Morgan fingerprint density at radius 2 is 2.04 bits per heavy atom. The Morgan fingerprint density at radius 3 is 2.65 bits per heavy atom. The molecular formula is C15H11Cl2F3N2O4. The van der Waals surface area contributed by atoms with Crippen LogP contribution in [0.15, 0.2) is 18.2 Å². The number of nitrogens with zero attached hydrogens (tertiary/aromatic N) is 1. The number of nitrogens with two attached hydrogens (primary N) is 1. The number of hydrogen-bond acceptors (Lipinski definition) is 6. The van der Waals surface area contributed by atoms with Crippen LogP contribution >= 0.6 is 23.2 Å². The average molecular weight is 411 g/mol. The Labute approximate surface area is 155 Å². The number of aromatic nitrogens is 1. The molecule has 0 aliphatic rings. The van der Waals surface area contributed by atoms with E-state index in [9.17, 15) is 18.0 Å². The van der Waals surface area contributed by atoms with Gasteiger partial charge in [0.15, 0.2) is 11.6 Å². The van der Waals surface area contributed by atoms with Crippen molar-refractivity contribution in [2.24, 2.45) is 0 Å². The number of halogens is 5. The maximum Gasteiger partial charge on any atom is 0.514 e. The molecule has 2 N–H and O–H groups in total. The number of benzene rings is 1. The third-order valence-corrected chi connectivity index (χ3v) is 3.66. The highest BCUT2D eigenvalue weighted by Gasteiger charge is 2.21. The van der Waals surface area contributed by atoms with Crippen LogP contribution < -0.4 is 15.2 Å². The first-order valence-corrected chi connectivity index (χ1v) is 7.61. The van der Waals surface area contributed by atoms with Gasteiger partial charge in [0.25, 0.3) is 6.43 Å². The Kier molecular flexibility index (Phi) is 6.38. The molecule has 0 unspecified atom stereocenters. The number of carbonyl (C=O) groups is 1. The monoisotopic (exact) mass is 410 g/mol. The summed E-state index contributed by atoms with van der Waals surface area (Å²) in [6, 6.07) is 3.66. The normalized spacial score (nSPS) is 10.7. The first-order valence-electron chi connectivity index (χ1n) is 6.85. The smallest absolute Gasteiger partial charge is 0.483 e. The van der Waals surface area contributed by atoms with E-state index in [0.717, 1.165) is 7.11 Å². The van der Waals surface area contributed by atoms with E-state index in [1.807, 2.05) is 0 Å². The SMILES string of the molecule is COC(=O)Oc1nc(-c2ccc(Cl)c(OCC(F)F)c2F)cc(N)c1Cl. The lowest BCUT2D eigenvalue weighted by molar-refractivity contribution is 0.0800. The molecule has 0 atom stereocenters. The van der Waals surface area contributed by atoms with Gasteiger partial charge in [-0.25, -0.2) is 22.9 Å². The fourth-order valence-corrected chi connectivity index (χ4v) is 2.20. The van der Waals surface area contributed by atoms with Crippen molar-refractivity contribution in [3.63, 3.8) is 0 Å². The van der Waals surface area contributed by atoms with E-state index in [2.05, 4.69) is 9.72 Å². The summed E-state index contributed by atoms with van der Waals surface area (Å²) < 4.78 is 53.1. The van der Waals surface area contributed by atoms with Gasteiger partial charge >= 0.3 is 6.16 Å². The highest BCUT2D eigenvalue weighted by atomic mass is 35.5. The number of nitrogen functional groups attached to an aromatic ring is 1. The van der Waals surface area contributed by atoms with Crippen LogP contribution in [0.2, 0.25) is 10.0 Å². The number of alkyl halides is 2. The Bertz CT molecular complexity index is 837. The van der Waals surface area contributed by atoms with Gasteiger partial charge in [0.1, 0.15) is 11.6 Å². The van der Waals surface area contributed by atoms with Crippen molar-refractivity contribution in [2.75, 3.05) is 19.5 Å². The quantitative estimate of drug-likeness (QED) is 0.727. The molecule has 0 bridgehead atoms. The summed E-state index contributed by atoms with van der Waals surface area (Å²) in [6.07, 6.45) is -3.94. The summed E-state index contributed by atoms with van der Waals surface area (Å²) in [4.78, 5) is 15.1. The van der Waals surface area contributed by atoms with Gasteiger partial charge in [-0.05, 0) is 18.2 Å². The van der Waals surface area contributed by atoms with Crippen LogP contribution in [0.4, 0.5) is 23.7 Å². The molecule has 11 heteroatoms. The second-order valence-electron chi connectivity index (χ2n) is 4.71. The average Bonchev–Trinajstić information content (AvgIpc) is 2.58. The van der Waals surface area contributed by atoms with Gasteiger partial charge in [0.2, 0.25) is 5.88 Å². The standard InChI is InChI=1S/C15H11Cl2F3N2O4/c1-24-15(23)26-14-11(17)8(21)4-9(22-14)6-2-3-7(16)13(12(6)20)25-5-10(18)19/h2-4,10H,5H2,1H3,(H2,21,22). The molecule has 0 saturated heterocycles. The molecule has 0 amide bonds. The molecule has 0 aliphatic carbocycles. The highest BCUT2D eigenvalue weighted by molar-refractivity contribution is 6.34. The van der Waals surface area contributed by atoms with Crippen LogP contribution in [0.3, 0.4) is 0 Å². The van der Waals surface area contributed by atoms with Crippen molar-refractivity contribution in [2.45, 2.75) is 6.43 Å². The van der Waals surface area contributed by atoms with Gasteiger partial charge in [-0.3, -0.25) is 0 Å². The minimum atomic E-state index is -2.82. The minimum Gasteiger partial charge on any atom is -0.483 e. The van der Waals surface area contributed by atoms with Crippen LogP contribution in [-0.4, -0.2) is 31.3 Å². The third-order valence-electron chi connectivity index (χ3n) is 2.98. The van der Waals surface area contributed by atoms with E-state index < -0.39 is 36.6 Å². The molecule has 2 aromatic rings. The zero-order valence-electron chi connectivity index (χ0n) is 13.1. The lowest BCUT2D eigenvalue weighted by Crippen LogP contribution is -2.10. The van der Waals surface area contributed by atoms with Crippen LogP contribution in [0.25, 0.3) is 11.3 Å². The molecule has 1 aromatic carbocycles. The topological polar surface area (TPSA) is 83.7 Å². The highest BCUT2D eigenvalue weighted by Crippen LogP contribution is 2.38. The van der Waals surface area contributed by atoms with Gasteiger partial charge in [-0.15, -0.1) is 0 Å². The molecule has 0 fully saturated rings. The number of carbonyl (C=O) groups excluding carboxylic acids is 1. The summed E-state index contributed by atoms with van der Waals surface area (Å²) in [5.74, 6) is -2.04. The second-order valence-corrected chi connectivity index (χ2v) is 5.50. The van der Waals surface area contributed by atoms with Gasteiger partial charge in [-0.1, -0.05) is 23.2 Å². The van der Waals surface area contributed by atoms with Gasteiger partial charge < -0.3 is 19.9 Å². The Morgan fingerprint density at radius 1 is 1.35 bits per heavy atom. The van der Waals surface area contributed by atoms with E-state index >= 15 is 0 Å². The summed E-state index contributed by atoms with van der Waals surface area (Å²) >= 11 is 11.7. The summed E-state index contributed by atoms with van der Waals surface area (Å²) in [6.45, 7) is -1.05. The molecule has 140 valence electrons. The van der Waals surface area contributed by atoms with Crippen LogP contribution in [0, 0.1) is 5.82 Å². The van der Waals surface area contributed by atoms with Crippen LogP contribution in [-0.2, 0) is 4.74 Å². The largest absolute Gasteiger partial charge is 0.514 e. The molecule has 0 aliphatic heterocycles. The molecule has 0 spiro atoms. The first-order chi connectivity index (χ1) is 12.2. The van der Waals surface area contributed by atoms with Gasteiger partial charge in [0, 0.05) is 5.56 Å². The van der Waals surface area contributed by atoms with E-state index in [1.54, 1.807) is 0 Å². The molecule has 2 rings (SSSR count). The van der Waals surface area contributed by atoms with E-state index in [-0.39, 0.29) is 27.0 Å². The third kappa shape index (κ3) is 4.41. The van der Waals surface area contributed by atoms with Crippen molar-refractivity contribution < 1.29 is 32.2 Å². The predicted octanol–water partition coefficient (Wildman–Crippen LogP) is 4.57. The minimum absolute atomic E-state index is 0.0695. The lowest BCUT2D eigenvalue weighted by atomic mass is 10.1. The molecule has 26 heavy (non-hydrogen) atoms. The fraction of sp³-hybridized carbons (Fsp3) is 0.200. The molecule has 1 heterocycles. The number of hydrogen-bond donors (Lipinski definition) is 1. The maximum atomic E-state index is 14.7. The van der Waals surface area contributed by atoms with E-state index in [0.29, 0.717) is 0 Å². The second kappa shape index (κ2) is 8.33.